The number of carbonyl (C=O) groups is 1. The third-order valence-electron chi connectivity index (χ3n) is 1.79. The Balaban J connectivity index is 2.96. The van der Waals surface area contributed by atoms with Gasteiger partial charge in [-0.25, -0.2) is 0 Å². The third kappa shape index (κ3) is 3.42. The van der Waals surface area contributed by atoms with E-state index in [4.69, 9.17) is 11.6 Å². The second-order valence-corrected chi connectivity index (χ2v) is 4.51. The quantitative estimate of drug-likeness (QED) is 0.623. The van der Waals surface area contributed by atoms with Gasteiger partial charge in [-0.1, -0.05) is 0 Å². The lowest BCUT2D eigenvalue weighted by molar-refractivity contribution is -0.0498. The SMILES string of the molecule is CC(Cl)C(=O)c1ccc(OC(F)F)cc1Br. The van der Waals surface area contributed by atoms with Crippen molar-refractivity contribution in [1.29, 1.82) is 0 Å². The maximum Gasteiger partial charge on any atom is 0.387 e. The molecule has 0 bridgehead atoms. The van der Waals surface area contributed by atoms with E-state index in [1.165, 1.54) is 18.2 Å². The number of hydrogen-bond acceptors (Lipinski definition) is 2. The van der Waals surface area contributed by atoms with Crippen molar-refractivity contribution in [2.75, 3.05) is 0 Å². The molecule has 0 heterocycles. The molecule has 0 amide bonds. The molecule has 2 nitrogen and oxygen atoms in total. The van der Waals surface area contributed by atoms with Crippen molar-refractivity contribution in [3.8, 4) is 5.75 Å². The van der Waals surface area contributed by atoms with E-state index in [1.54, 1.807) is 6.92 Å². The van der Waals surface area contributed by atoms with Gasteiger partial charge in [0.15, 0.2) is 5.78 Å². The normalized spacial score (nSPS) is 12.6. The minimum atomic E-state index is -2.89. The zero-order valence-electron chi connectivity index (χ0n) is 8.22. The number of carbonyl (C=O) groups excluding carboxylic acids is 1. The molecule has 0 saturated heterocycles. The fraction of sp³-hybridized carbons (Fsp3) is 0.300. The van der Waals surface area contributed by atoms with Gasteiger partial charge < -0.3 is 4.74 Å². The molecule has 1 unspecified atom stereocenters. The topological polar surface area (TPSA) is 26.3 Å². The number of ketones is 1. The third-order valence-corrected chi connectivity index (χ3v) is 2.65. The van der Waals surface area contributed by atoms with Gasteiger partial charge in [0.05, 0.1) is 5.38 Å². The Morgan fingerprint density at radius 2 is 2.12 bits per heavy atom. The highest BCUT2D eigenvalue weighted by atomic mass is 79.9. The fourth-order valence-electron chi connectivity index (χ4n) is 1.09. The van der Waals surface area contributed by atoms with Crippen LogP contribution in [0.1, 0.15) is 17.3 Å². The minimum absolute atomic E-state index is 0.0133. The second-order valence-electron chi connectivity index (χ2n) is 3.00. The predicted octanol–water partition coefficient (Wildman–Crippen LogP) is 3.86. The lowest BCUT2D eigenvalue weighted by Crippen LogP contribution is -2.11. The van der Waals surface area contributed by atoms with Crippen LogP contribution in [-0.2, 0) is 0 Å². The van der Waals surface area contributed by atoms with E-state index in [9.17, 15) is 13.6 Å². The summed E-state index contributed by atoms with van der Waals surface area (Å²) in [4.78, 5) is 11.5. The first-order valence-electron chi connectivity index (χ1n) is 4.34. The number of alkyl halides is 3. The maximum absolute atomic E-state index is 11.9. The van der Waals surface area contributed by atoms with Gasteiger partial charge in [-0.15, -0.1) is 11.6 Å². The summed E-state index contributed by atoms with van der Waals surface area (Å²) in [6.45, 7) is -1.35. The Morgan fingerprint density at radius 3 is 2.56 bits per heavy atom. The molecule has 0 aliphatic heterocycles. The van der Waals surface area contributed by atoms with E-state index in [1.807, 2.05) is 0 Å². The molecule has 0 saturated carbocycles. The van der Waals surface area contributed by atoms with Crippen LogP contribution < -0.4 is 4.74 Å². The van der Waals surface area contributed by atoms with Crippen LogP contribution in [0.3, 0.4) is 0 Å². The summed E-state index contributed by atoms with van der Waals surface area (Å²) in [5, 5.41) is -0.668. The van der Waals surface area contributed by atoms with E-state index in [0.717, 1.165) is 0 Å². The summed E-state index contributed by atoms with van der Waals surface area (Å²) in [6.07, 6.45) is 0. The molecule has 0 aromatic heterocycles. The van der Waals surface area contributed by atoms with E-state index in [-0.39, 0.29) is 11.5 Å². The summed E-state index contributed by atoms with van der Waals surface area (Å²) in [6, 6.07) is 3.99. The van der Waals surface area contributed by atoms with Gasteiger partial charge in [-0.05, 0) is 41.1 Å². The van der Waals surface area contributed by atoms with E-state index in [2.05, 4.69) is 20.7 Å². The Labute approximate surface area is 105 Å². The monoisotopic (exact) mass is 312 g/mol. The maximum atomic E-state index is 11.9. The molecule has 88 valence electrons. The molecular formula is C10H8BrClF2O2. The van der Waals surface area contributed by atoms with Crippen molar-refractivity contribution in [2.45, 2.75) is 18.9 Å². The Hall–Kier alpha value is -0.680. The minimum Gasteiger partial charge on any atom is -0.435 e. The molecule has 0 aliphatic rings. The molecule has 0 spiro atoms. The number of rotatable bonds is 4. The van der Waals surface area contributed by atoms with Gasteiger partial charge in [-0.2, -0.15) is 8.78 Å². The Morgan fingerprint density at radius 1 is 1.50 bits per heavy atom. The molecule has 1 aromatic carbocycles. The standard InChI is InChI=1S/C10H8BrClF2O2/c1-5(12)9(15)7-3-2-6(4-8(7)11)16-10(13)14/h2-5,10H,1H3. The van der Waals surface area contributed by atoms with Crippen LogP contribution >= 0.6 is 27.5 Å². The van der Waals surface area contributed by atoms with Gasteiger partial charge >= 0.3 is 6.61 Å². The van der Waals surface area contributed by atoms with Gasteiger partial charge in [0.2, 0.25) is 0 Å². The highest BCUT2D eigenvalue weighted by molar-refractivity contribution is 9.10. The van der Waals surface area contributed by atoms with Crippen LogP contribution in [0.4, 0.5) is 8.78 Å². The number of benzene rings is 1. The summed E-state index contributed by atoms with van der Waals surface area (Å²) in [7, 11) is 0. The number of Topliss-reactive ketones (excluding diaryl/α,β-unsaturated/α-hetero) is 1. The highest BCUT2D eigenvalue weighted by Gasteiger charge is 2.16. The summed E-state index contributed by atoms with van der Waals surface area (Å²) in [5.74, 6) is -0.294. The van der Waals surface area contributed by atoms with Crippen molar-refractivity contribution < 1.29 is 18.3 Å². The number of halogens is 4. The fourth-order valence-corrected chi connectivity index (χ4v) is 1.76. The van der Waals surface area contributed by atoms with Crippen LogP contribution in [0.5, 0.6) is 5.75 Å². The van der Waals surface area contributed by atoms with Crippen LogP contribution in [0.2, 0.25) is 0 Å². The lowest BCUT2D eigenvalue weighted by Gasteiger charge is -2.08. The van der Waals surface area contributed by atoms with Crippen molar-refractivity contribution in [3.05, 3.63) is 28.2 Å². The van der Waals surface area contributed by atoms with E-state index < -0.39 is 12.0 Å². The summed E-state index contributed by atoms with van der Waals surface area (Å²) < 4.78 is 28.4. The van der Waals surface area contributed by atoms with Crippen LogP contribution in [0.25, 0.3) is 0 Å². The van der Waals surface area contributed by atoms with Crippen molar-refractivity contribution in [3.63, 3.8) is 0 Å². The molecule has 0 N–H and O–H groups in total. The molecule has 16 heavy (non-hydrogen) atoms. The first kappa shape index (κ1) is 13.4. The Bertz CT molecular complexity index is 396. The lowest BCUT2D eigenvalue weighted by atomic mass is 10.1. The van der Waals surface area contributed by atoms with Gasteiger partial charge in [0.1, 0.15) is 5.75 Å². The van der Waals surface area contributed by atoms with Gasteiger partial charge in [0.25, 0.3) is 0 Å². The van der Waals surface area contributed by atoms with Crippen molar-refractivity contribution in [1.82, 2.24) is 0 Å². The van der Waals surface area contributed by atoms with Crippen LogP contribution in [0, 0.1) is 0 Å². The van der Waals surface area contributed by atoms with Crippen molar-refractivity contribution >= 4 is 33.3 Å². The molecule has 0 aliphatic carbocycles. The van der Waals surface area contributed by atoms with E-state index >= 15 is 0 Å². The molecule has 0 radical (unpaired) electrons. The van der Waals surface area contributed by atoms with E-state index in [0.29, 0.717) is 10.0 Å². The summed E-state index contributed by atoms with van der Waals surface area (Å²) in [5.41, 5.74) is 0.337. The molecule has 1 atom stereocenters. The molecule has 6 heteroatoms. The van der Waals surface area contributed by atoms with Gasteiger partial charge in [0, 0.05) is 10.0 Å². The molecule has 0 fully saturated rings. The number of ether oxygens (including phenoxy) is 1. The smallest absolute Gasteiger partial charge is 0.387 e. The molecule has 1 rings (SSSR count). The van der Waals surface area contributed by atoms with Crippen LogP contribution in [0.15, 0.2) is 22.7 Å². The highest BCUT2D eigenvalue weighted by Crippen LogP contribution is 2.25. The van der Waals surface area contributed by atoms with Gasteiger partial charge in [-0.3, -0.25) is 4.79 Å². The first-order valence-corrected chi connectivity index (χ1v) is 5.57. The summed E-state index contributed by atoms with van der Waals surface area (Å²) >= 11 is 8.74. The Kier molecular flexibility index (Phi) is 4.68. The average molecular weight is 314 g/mol. The zero-order chi connectivity index (χ0) is 12.3. The molecule has 1 aromatic rings. The largest absolute Gasteiger partial charge is 0.435 e. The van der Waals surface area contributed by atoms with Crippen LogP contribution in [-0.4, -0.2) is 17.8 Å². The molecular weight excluding hydrogens is 305 g/mol. The average Bonchev–Trinajstić information content (AvgIpc) is 2.15. The first-order chi connectivity index (χ1) is 7.41. The van der Waals surface area contributed by atoms with Crippen molar-refractivity contribution in [2.24, 2.45) is 0 Å². The number of hydrogen-bond donors (Lipinski definition) is 0. The predicted molar refractivity (Wildman–Crippen MR) is 60.4 cm³/mol. The zero-order valence-corrected chi connectivity index (χ0v) is 10.6. The second kappa shape index (κ2) is 5.59.